The number of ether oxygens (including phenoxy) is 1. The summed E-state index contributed by atoms with van der Waals surface area (Å²) in [6, 6.07) is 17.7. The predicted octanol–water partition coefficient (Wildman–Crippen LogP) is 3.28. The van der Waals surface area contributed by atoms with Crippen LogP contribution in [0.2, 0.25) is 0 Å². The van der Waals surface area contributed by atoms with Gasteiger partial charge in [0.1, 0.15) is 5.75 Å². The number of aromatic amines is 1. The fraction of sp³-hybridized carbons (Fsp3) is 0.261. The molecule has 0 saturated heterocycles. The van der Waals surface area contributed by atoms with E-state index >= 15 is 0 Å². The molecule has 2 N–H and O–H groups in total. The third-order valence-corrected chi connectivity index (χ3v) is 5.57. The van der Waals surface area contributed by atoms with Crippen molar-refractivity contribution < 1.29 is 9.53 Å². The van der Waals surface area contributed by atoms with Crippen molar-refractivity contribution in [2.75, 3.05) is 13.7 Å². The van der Waals surface area contributed by atoms with Gasteiger partial charge in [-0.15, -0.1) is 0 Å². The molecule has 0 aliphatic carbocycles. The molecule has 30 heavy (non-hydrogen) atoms. The maximum atomic E-state index is 12.5. The number of aromatic nitrogens is 2. The van der Waals surface area contributed by atoms with Crippen LogP contribution in [0.3, 0.4) is 0 Å². The van der Waals surface area contributed by atoms with Crippen molar-refractivity contribution in [2.24, 2.45) is 0 Å². The third kappa shape index (κ3) is 6.22. The number of thioether (sulfide) groups is 1. The van der Waals surface area contributed by atoms with Crippen molar-refractivity contribution in [3.63, 3.8) is 0 Å². The molecule has 0 radical (unpaired) electrons. The molecule has 3 rings (SSSR count). The Hall–Kier alpha value is -3.06. The number of H-pyrrole nitrogens is 1. The molecule has 2 aromatic carbocycles. The Bertz CT molecular complexity index is 1050. The second kappa shape index (κ2) is 10.6. The van der Waals surface area contributed by atoms with Crippen LogP contribution in [0.1, 0.15) is 22.4 Å². The van der Waals surface area contributed by atoms with E-state index in [1.807, 2.05) is 54.6 Å². The zero-order valence-electron chi connectivity index (χ0n) is 17.1. The molecule has 0 aliphatic heterocycles. The molecule has 0 fully saturated rings. The number of carbonyl (C=O) groups excluding carboxylic acids is 1. The molecule has 1 amide bonds. The van der Waals surface area contributed by atoms with Crippen LogP contribution in [0.5, 0.6) is 5.75 Å². The lowest BCUT2D eigenvalue weighted by molar-refractivity contribution is -0.120. The number of amides is 1. The van der Waals surface area contributed by atoms with Crippen molar-refractivity contribution >= 4 is 17.7 Å². The number of benzene rings is 2. The van der Waals surface area contributed by atoms with Crippen LogP contribution in [0.15, 0.2) is 64.5 Å². The molecular formula is C23H25N3O3S. The van der Waals surface area contributed by atoms with E-state index in [-0.39, 0.29) is 17.9 Å². The Morgan fingerprint density at radius 1 is 1.13 bits per heavy atom. The summed E-state index contributed by atoms with van der Waals surface area (Å²) in [4.78, 5) is 32.0. The molecule has 1 aromatic heterocycles. The molecule has 0 aliphatic rings. The second-order valence-electron chi connectivity index (χ2n) is 6.84. The average molecular weight is 424 g/mol. The fourth-order valence-corrected chi connectivity index (χ4v) is 3.84. The predicted molar refractivity (Wildman–Crippen MR) is 119 cm³/mol. The molecule has 3 aromatic rings. The summed E-state index contributed by atoms with van der Waals surface area (Å²) >= 11 is 1.44. The fourth-order valence-electron chi connectivity index (χ4n) is 2.99. The van der Waals surface area contributed by atoms with Crippen molar-refractivity contribution in [2.45, 2.75) is 30.7 Å². The molecule has 6 nitrogen and oxygen atoms in total. The minimum Gasteiger partial charge on any atom is -0.497 e. The smallest absolute Gasteiger partial charge is 0.255 e. The van der Waals surface area contributed by atoms with Crippen molar-refractivity contribution in [1.29, 1.82) is 0 Å². The third-order valence-electron chi connectivity index (χ3n) is 4.63. The molecule has 0 bridgehead atoms. The van der Waals surface area contributed by atoms with Crippen molar-refractivity contribution in [3.8, 4) is 5.75 Å². The van der Waals surface area contributed by atoms with E-state index in [4.69, 9.17) is 4.74 Å². The number of rotatable bonds is 9. The molecular weight excluding hydrogens is 398 g/mol. The molecule has 0 saturated carbocycles. The van der Waals surface area contributed by atoms with Gasteiger partial charge in [-0.2, -0.15) is 0 Å². The first-order valence-corrected chi connectivity index (χ1v) is 10.7. The molecule has 156 valence electrons. The van der Waals surface area contributed by atoms with Gasteiger partial charge in [-0.05, 0) is 36.6 Å². The molecule has 0 atom stereocenters. The van der Waals surface area contributed by atoms with Crippen molar-refractivity contribution in [3.05, 3.63) is 87.3 Å². The SMILES string of the molecule is COc1cccc(CSc2nc(C)c(CC(=O)NCCc3ccccc3)c(=O)[nH]2)c1. The lowest BCUT2D eigenvalue weighted by Gasteiger charge is -2.09. The molecule has 1 heterocycles. The van der Waals surface area contributed by atoms with E-state index in [2.05, 4.69) is 15.3 Å². The summed E-state index contributed by atoms with van der Waals surface area (Å²) in [6.07, 6.45) is 0.768. The summed E-state index contributed by atoms with van der Waals surface area (Å²) in [6.45, 7) is 2.29. The number of methoxy groups -OCH3 is 1. The number of hydrogen-bond acceptors (Lipinski definition) is 5. The van der Waals surface area contributed by atoms with Crippen LogP contribution < -0.4 is 15.6 Å². The lowest BCUT2D eigenvalue weighted by Crippen LogP contribution is -2.30. The van der Waals surface area contributed by atoms with Gasteiger partial charge in [0.2, 0.25) is 5.91 Å². The topological polar surface area (TPSA) is 84.1 Å². The van der Waals surface area contributed by atoms with Gasteiger partial charge in [-0.25, -0.2) is 4.98 Å². The normalized spacial score (nSPS) is 10.6. The Kier molecular flexibility index (Phi) is 7.68. The highest BCUT2D eigenvalue weighted by molar-refractivity contribution is 7.98. The zero-order valence-corrected chi connectivity index (χ0v) is 17.9. The van der Waals surface area contributed by atoms with Gasteiger partial charge in [0.05, 0.1) is 13.5 Å². The highest BCUT2D eigenvalue weighted by atomic mass is 32.2. The van der Waals surface area contributed by atoms with Gasteiger partial charge in [-0.3, -0.25) is 9.59 Å². The monoisotopic (exact) mass is 423 g/mol. The van der Waals surface area contributed by atoms with Crippen LogP contribution in [0, 0.1) is 6.92 Å². The Morgan fingerprint density at radius 2 is 1.90 bits per heavy atom. The van der Waals surface area contributed by atoms with Crippen LogP contribution in [0.25, 0.3) is 0 Å². The van der Waals surface area contributed by atoms with Crippen LogP contribution >= 0.6 is 11.8 Å². The van der Waals surface area contributed by atoms with E-state index in [1.54, 1.807) is 14.0 Å². The number of nitrogens with zero attached hydrogens (tertiary/aromatic N) is 1. The average Bonchev–Trinajstić information content (AvgIpc) is 2.76. The largest absolute Gasteiger partial charge is 0.497 e. The van der Waals surface area contributed by atoms with E-state index < -0.39 is 0 Å². The van der Waals surface area contributed by atoms with Gasteiger partial charge in [0.15, 0.2) is 5.16 Å². The highest BCUT2D eigenvalue weighted by Gasteiger charge is 2.13. The van der Waals surface area contributed by atoms with Gasteiger partial charge in [0, 0.05) is 23.6 Å². The maximum absolute atomic E-state index is 12.5. The number of hydrogen-bond donors (Lipinski definition) is 2. The summed E-state index contributed by atoms with van der Waals surface area (Å²) in [5.74, 6) is 1.26. The van der Waals surface area contributed by atoms with Crippen LogP contribution in [-0.2, 0) is 23.4 Å². The van der Waals surface area contributed by atoms with Gasteiger partial charge >= 0.3 is 0 Å². The molecule has 0 spiro atoms. The van der Waals surface area contributed by atoms with E-state index in [9.17, 15) is 9.59 Å². The first-order valence-electron chi connectivity index (χ1n) is 9.71. The van der Waals surface area contributed by atoms with Crippen molar-refractivity contribution in [1.82, 2.24) is 15.3 Å². The van der Waals surface area contributed by atoms with E-state index in [0.717, 1.165) is 23.3 Å². The Labute approximate surface area is 180 Å². The minimum atomic E-state index is -0.270. The number of nitrogens with one attached hydrogen (secondary N) is 2. The van der Waals surface area contributed by atoms with Gasteiger partial charge in [-0.1, -0.05) is 54.2 Å². The number of carbonyl (C=O) groups is 1. The summed E-state index contributed by atoms with van der Waals surface area (Å²) in [7, 11) is 1.63. The highest BCUT2D eigenvalue weighted by Crippen LogP contribution is 2.21. The van der Waals surface area contributed by atoms with Crippen LogP contribution in [0.4, 0.5) is 0 Å². The Balaban J connectivity index is 1.55. The van der Waals surface area contributed by atoms with Gasteiger partial charge in [0.25, 0.3) is 5.56 Å². The number of aryl methyl sites for hydroxylation is 1. The lowest BCUT2D eigenvalue weighted by atomic mass is 10.1. The summed E-state index contributed by atoms with van der Waals surface area (Å²) in [5.41, 5.74) is 2.93. The standard InChI is InChI=1S/C23H25N3O3S/c1-16-20(14-21(27)24-12-11-17-7-4-3-5-8-17)22(28)26-23(25-16)30-15-18-9-6-10-19(13-18)29-2/h3-10,13H,11-12,14-15H2,1-2H3,(H,24,27)(H,25,26,28). The zero-order chi connectivity index (χ0) is 21.3. The van der Waals surface area contributed by atoms with E-state index in [0.29, 0.717) is 28.7 Å². The quantitative estimate of drug-likeness (QED) is 0.408. The Morgan fingerprint density at radius 3 is 2.63 bits per heavy atom. The minimum absolute atomic E-state index is 0.0176. The summed E-state index contributed by atoms with van der Waals surface area (Å²) in [5, 5.41) is 3.41. The maximum Gasteiger partial charge on any atom is 0.255 e. The van der Waals surface area contributed by atoms with Crippen LogP contribution in [-0.4, -0.2) is 29.5 Å². The summed E-state index contributed by atoms with van der Waals surface area (Å²) < 4.78 is 5.23. The first-order chi connectivity index (χ1) is 14.5. The second-order valence-corrected chi connectivity index (χ2v) is 7.80. The molecule has 0 unspecified atom stereocenters. The first kappa shape index (κ1) is 21.6. The van der Waals surface area contributed by atoms with E-state index in [1.165, 1.54) is 11.8 Å². The van der Waals surface area contributed by atoms with Gasteiger partial charge < -0.3 is 15.0 Å². The molecule has 7 heteroatoms.